The number of amides is 1. The monoisotopic (exact) mass is 706 g/mol. The first-order chi connectivity index (χ1) is 24.7. The van der Waals surface area contributed by atoms with Gasteiger partial charge in [-0.05, 0) is 30.2 Å². The highest BCUT2D eigenvalue weighted by Crippen LogP contribution is 2.38. The Labute approximate surface area is 294 Å². The van der Waals surface area contributed by atoms with Crippen LogP contribution >= 0.6 is 0 Å². The molecule has 51 heavy (non-hydrogen) atoms. The lowest BCUT2D eigenvalue weighted by Gasteiger charge is -2.53. The normalized spacial score (nSPS) is 18.3. The predicted octanol–water partition coefficient (Wildman–Crippen LogP) is 5.07. The van der Waals surface area contributed by atoms with Crippen LogP contribution in [0.15, 0.2) is 79.0 Å². The van der Waals surface area contributed by atoms with Gasteiger partial charge in [0.15, 0.2) is 6.61 Å². The number of hydrogen-bond acceptors (Lipinski definition) is 10. The van der Waals surface area contributed by atoms with E-state index in [-0.39, 0.29) is 66.3 Å². The minimum atomic E-state index is -4.59. The fourth-order valence-electron chi connectivity index (χ4n) is 7.08. The SMILES string of the molecule is CCOc1nc(OC)c(CN2CC(C(c3ccccc3)c3ccccc3)N3CCN(C(=O)c4cccnc4OC)C[C@H]3C2)c(OCC(F)(F)F)n1. The standard InChI is InChI=1S/C37H41F3N6O5/c1-4-50-36-42-33(49-3)29(34(43-36)51-24-37(38,39)40)22-44-20-27-21-45(35(47)28-16-11-17-41-32(28)48-2)18-19-46(27)30(23-44)31(25-12-7-5-8-13-25)26-14-9-6-10-15-26/h5-17,27,30-31H,4,18-24H2,1-3H3/t27-,30?/m1/s1. The Morgan fingerprint density at radius 3 is 2.14 bits per heavy atom. The molecule has 2 aliphatic heterocycles. The van der Waals surface area contributed by atoms with E-state index in [4.69, 9.17) is 18.9 Å². The van der Waals surface area contributed by atoms with E-state index in [0.29, 0.717) is 38.3 Å². The molecule has 2 aliphatic rings. The highest BCUT2D eigenvalue weighted by atomic mass is 19.4. The molecule has 4 heterocycles. The van der Waals surface area contributed by atoms with Gasteiger partial charge in [0.25, 0.3) is 5.91 Å². The minimum Gasteiger partial charge on any atom is -0.481 e. The van der Waals surface area contributed by atoms with Crippen molar-refractivity contribution in [2.24, 2.45) is 0 Å². The second-order valence-corrected chi connectivity index (χ2v) is 12.4. The van der Waals surface area contributed by atoms with Crippen molar-refractivity contribution in [1.82, 2.24) is 29.7 Å². The van der Waals surface area contributed by atoms with Crippen LogP contribution in [0.4, 0.5) is 13.2 Å². The van der Waals surface area contributed by atoms with Gasteiger partial charge in [0.05, 0.1) is 26.4 Å². The number of pyridine rings is 1. The lowest BCUT2D eigenvalue weighted by Crippen LogP contribution is -2.67. The zero-order chi connectivity index (χ0) is 36.0. The molecule has 0 saturated carbocycles. The highest BCUT2D eigenvalue weighted by Gasteiger charge is 2.44. The summed E-state index contributed by atoms with van der Waals surface area (Å²) in [4.78, 5) is 33.1. The summed E-state index contributed by atoms with van der Waals surface area (Å²) in [6.45, 7) is 3.08. The van der Waals surface area contributed by atoms with Crippen LogP contribution in [0, 0.1) is 0 Å². The number of piperazine rings is 2. The first-order valence-electron chi connectivity index (χ1n) is 16.8. The molecule has 0 N–H and O–H groups in total. The molecule has 14 heteroatoms. The lowest BCUT2D eigenvalue weighted by molar-refractivity contribution is -0.154. The van der Waals surface area contributed by atoms with Crippen LogP contribution in [0.3, 0.4) is 0 Å². The van der Waals surface area contributed by atoms with Gasteiger partial charge in [-0.1, -0.05) is 60.7 Å². The van der Waals surface area contributed by atoms with Gasteiger partial charge in [-0.25, -0.2) is 4.98 Å². The molecule has 270 valence electrons. The van der Waals surface area contributed by atoms with Crippen molar-refractivity contribution in [3.63, 3.8) is 0 Å². The van der Waals surface area contributed by atoms with Gasteiger partial charge >= 0.3 is 12.2 Å². The van der Waals surface area contributed by atoms with E-state index in [9.17, 15) is 18.0 Å². The molecule has 2 aromatic carbocycles. The molecule has 2 atom stereocenters. The Morgan fingerprint density at radius 2 is 1.51 bits per heavy atom. The van der Waals surface area contributed by atoms with Crippen LogP contribution in [-0.2, 0) is 6.54 Å². The van der Waals surface area contributed by atoms with Crippen molar-refractivity contribution in [3.05, 3.63) is 101 Å². The molecule has 1 unspecified atom stereocenters. The molecule has 2 saturated heterocycles. The maximum absolute atomic E-state index is 13.9. The number of carbonyl (C=O) groups excluding carboxylic acids is 1. The van der Waals surface area contributed by atoms with Crippen LogP contribution in [0.5, 0.6) is 23.7 Å². The van der Waals surface area contributed by atoms with E-state index in [0.717, 1.165) is 11.1 Å². The molecular weight excluding hydrogens is 665 g/mol. The van der Waals surface area contributed by atoms with Crippen LogP contribution < -0.4 is 18.9 Å². The maximum Gasteiger partial charge on any atom is 0.422 e. The summed E-state index contributed by atoms with van der Waals surface area (Å²) in [6, 6.07) is 23.6. The minimum absolute atomic E-state index is 0.0576. The Kier molecular flexibility index (Phi) is 11.2. The first-order valence-corrected chi connectivity index (χ1v) is 16.8. The van der Waals surface area contributed by atoms with Crippen LogP contribution in [-0.4, -0.2) is 114 Å². The number of ether oxygens (including phenoxy) is 4. The van der Waals surface area contributed by atoms with Gasteiger partial charge in [-0.2, -0.15) is 23.1 Å². The van der Waals surface area contributed by atoms with Gasteiger partial charge < -0.3 is 23.8 Å². The highest BCUT2D eigenvalue weighted by molar-refractivity contribution is 5.96. The molecule has 0 bridgehead atoms. The summed E-state index contributed by atoms with van der Waals surface area (Å²) in [5, 5.41) is 0. The number of halogens is 3. The maximum atomic E-state index is 13.9. The number of carbonyl (C=O) groups is 1. The summed E-state index contributed by atoms with van der Waals surface area (Å²) >= 11 is 0. The predicted molar refractivity (Wildman–Crippen MR) is 182 cm³/mol. The Hall–Kier alpha value is -4.95. The third kappa shape index (κ3) is 8.34. The number of methoxy groups -OCH3 is 2. The van der Waals surface area contributed by atoms with Crippen LogP contribution in [0.2, 0.25) is 0 Å². The van der Waals surface area contributed by atoms with E-state index in [1.54, 1.807) is 25.3 Å². The molecule has 0 spiro atoms. The molecule has 1 amide bonds. The topological polar surface area (TPSA) is 102 Å². The van der Waals surface area contributed by atoms with Crippen molar-refractivity contribution in [3.8, 4) is 23.7 Å². The average Bonchev–Trinajstić information content (AvgIpc) is 3.14. The van der Waals surface area contributed by atoms with Crippen molar-refractivity contribution in [1.29, 1.82) is 0 Å². The number of rotatable bonds is 12. The smallest absolute Gasteiger partial charge is 0.422 e. The van der Waals surface area contributed by atoms with Crippen LogP contribution in [0.25, 0.3) is 0 Å². The fourth-order valence-corrected chi connectivity index (χ4v) is 7.08. The number of nitrogens with zero attached hydrogens (tertiary/aromatic N) is 6. The molecule has 2 fully saturated rings. The van der Waals surface area contributed by atoms with Crippen molar-refractivity contribution in [2.75, 3.05) is 60.2 Å². The quantitative estimate of drug-likeness (QED) is 0.199. The third-order valence-electron chi connectivity index (χ3n) is 9.18. The number of fused-ring (bicyclic) bond motifs is 1. The van der Waals surface area contributed by atoms with Crippen molar-refractivity contribution < 1.29 is 36.9 Å². The number of alkyl halides is 3. The first kappa shape index (κ1) is 35.9. The molecule has 0 aliphatic carbocycles. The molecule has 2 aromatic heterocycles. The summed E-state index contributed by atoms with van der Waals surface area (Å²) in [6.07, 6.45) is -3.01. The van der Waals surface area contributed by atoms with Gasteiger partial charge in [0.2, 0.25) is 17.6 Å². The van der Waals surface area contributed by atoms with E-state index in [2.05, 4.69) is 49.0 Å². The summed E-state index contributed by atoms with van der Waals surface area (Å²) in [7, 11) is 2.88. The van der Waals surface area contributed by atoms with Crippen LogP contribution in [0.1, 0.15) is 39.9 Å². The number of hydrogen-bond donors (Lipinski definition) is 0. The summed E-state index contributed by atoms with van der Waals surface area (Å²) < 4.78 is 61.9. The van der Waals surface area contributed by atoms with E-state index in [1.807, 2.05) is 41.3 Å². The molecule has 11 nitrogen and oxygen atoms in total. The van der Waals surface area contributed by atoms with Crippen molar-refractivity contribution in [2.45, 2.75) is 37.6 Å². The van der Waals surface area contributed by atoms with Gasteiger partial charge in [0.1, 0.15) is 5.56 Å². The molecule has 4 aromatic rings. The van der Waals surface area contributed by atoms with E-state index < -0.39 is 12.8 Å². The second kappa shape index (κ2) is 15.9. The lowest BCUT2D eigenvalue weighted by atomic mass is 9.81. The number of benzene rings is 2. The molecular formula is C37H41F3N6O5. The van der Waals surface area contributed by atoms with E-state index >= 15 is 0 Å². The van der Waals surface area contributed by atoms with Gasteiger partial charge in [-0.15, -0.1) is 0 Å². The Bertz CT molecular complexity index is 1730. The summed E-state index contributed by atoms with van der Waals surface area (Å²) in [5.74, 6) is -0.168. The van der Waals surface area contributed by atoms with Gasteiger partial charge in [0, 0.05) is 63.5 Å². The zero-order valence-electron chi connectivity index (χ0n) is 28.8. The molecule has 0 radical (unpaired) electrons. The third-order valence-corrected chi connectivity index (χ3v) is 9.18. The van der Waals surface area contributed by atoms with Gasteiger partial charge in [-0.3, -0.25) is 14.6 Å². The average molecular weight is 707 g/mol. The largest absolute Gasteiger partial charge is 0.481 e. The molecule has 6 rings (SSSR count). The Balaban J connectivity index is 1.38. The second-order valence-electron chi connectivity index (χ2n) is 12.4. The fraction of sp³-hybridized carbons (Fsp3) is 0.405. The van der Waals surface area contributed by atoms with E-state index in [1.165, 1.54) is 14.2 Å². The van der Waals surface area contributed by atoms with Crippen molar-refractivity contribution >= 4 is 5.91 Å². The number of aromatic nitrogens is 3. The Morgan fingerprint density at radius 1 is 0.843 bits per heavy atom. The summed E-state index contributed by atoms with van der Waals surface area (Å²) in [5.41, 5.74) is 2.91. The zero-order valence-corrected chi connectivity index (χ0v) is 28.8.